The molecule has 0 bridgehead atoms. The van der Waals surface area contributed by atoms with E-state index in [2.05, 4.69) is 24.0 Å². The Morgan fingerprint density at radius 3 is 2.74 bits per heavy atom. The highest BCUT2D eigenvalue weighted by Crippen LogP contribution is 2.37. The fraction of sp³-hybridized carbons (Fsp3) is 0.769. The molecule has 6 nitrogen and oxygen atoms in total. The molecule has 1 amide bonds. The summed E-state index contributed by atoms with van der Waals surface area (Å²) in [5.74, 6) is 0.232. The van der Waals surface area contributed by atoms with Crippen LogP contribution in [-0.2, 0) is 11.3 Å². The largest absolute Gasteiger partial charge is 0.414 e. The molecule has 2 rings (SSSR count). The maximum atomic E-state index is 12.3. The maximum Gasteiger partial charge on any atom is 0.311 e. The van der Waals surface area contributed by atoms with Crippen molar-refractivity contribution >= 4 is 5.91 Å². The standard InChI is InChI=1S/C13H21N3O3/c1-4-13(5-2)6-7-16(9-13)12(17)11-15-14-10(19-11)8-18-3/h4-9H2,1-3H3. The van der Waals surface area contributed by atoms with Crippen molar-refractivity contribution in [2.75, 3.05) is 20.2 Å². The third kappa shape index (κ3) is 2.78. The predicted molar refractivity (Wildman–Crippen MR) is 68.5 cm³/mol. The molecule has 2 heterocycles. The van der Waals surface area contributed by atoms with Gasteiger partial charge in [-0.05, 0) is 24.7 Å². The third-order valence-corrected chi connectivity index (χ3v) is 4.14. The lowest BCUT2D eigenvalue weighted by Crippen LogP contribution is -2.32. The fourth-order valence-corrected chi connectivity index (χ4v) is 2.59. The summed E-state index contributed by atoms with van der Waals surface area (Å²) in [6.07, 6.45) is 3.23. The number of hydrogen-bond acceptors (Lipinski definition) is 5. The number of ether oxygens (including phenoxy) is 1. The lowest BCUT2D eigenvalue weighted by Gasteiger charge is -2.25. The van der Waals surface area contributed by atoms with E-state index in [0.717, 1.165) is 32.4 Å². The summed E-state index contributed by atoms with van der Waals surface area (Å²) in [5.41, 5.74) is 0.255. The molecule has 1 aromatic rings. The van der Waals surface area contributed by atoms with Gasteiger partial charge in [0, 0.05) is 20.2 Å². The summed E-state index contributed by atoms with van der Waals surface area (Å²) in [4.78, 5) is 14.1. The molecule has 1 aliphatic heterocycles. The van der Waals surface area contributed by atoms with Crippen LogP contribution in [0.4, 0.5) is 0 Å². The second-order valence-electron chi connectivity index (χ2n) is 5.12. The van der Waals surface area contributed by atoms with Crippen molar-refractivity contribution in [2.24, 2.45) is 5.41 Å². The lowest BCUT2D eigenvalue weighted by atomic mass is 9.82. The van der Waals surface area contributed by atoms with Crippen molar-refractivity contribution in [3.05, 3.63) is 11.8 Å². The Morgan fingerprint density at radius 1 is 1.42 bits per heavy atom. The van der Waals surface area contributed by atoms with E-state index in [4.69, 9.17) is 9.15 Å². The fourth-order valence-electron chi connectivity index (χ4n) is 2.59. The van der Waals surface area contributed by atoms with Crippen LogP contribution in [0.15, 0.2) is 4.42 Å². The number of hydrogen-bond donors (Lipinski definition) is 0. The summed E-state index contributed by atoms with van der Waals surface area (Å²) < 4.78 is 10.2. The second kappa shape index (κ2) is 5.69. The second-order valence-corrected chi connectivity index (χ2v) is 5.12. The van der Waals surface area contributed by atoms with Gasteiger partial charge in [0.25, 0.3) is 0 Å². The molecular formula is C13H21N3O3. The van der Waals surface area contributed by atoms with Crippen LogP contribution < -0.4 is 0 Å². The first-order valence-electron chi connectivity index (χ1n) is 6.74. The molecule has 0 saturated carbocycles. The van der Waals surface area contributed by atoms with E-state index in [0.29, 0.717) is 5.89 Å². The first-order valence-corrected chi connectivity index (χ1v) is 6.74. The summed E-state index contributed by atoms with van der Waals surface area (Å²) in [6, 6.07) is 0. The van der Waals surface area contributed by atoms with E-state index < -0.39 is 0 Å². The molecule has 19 heavy (non-hydrogen) atoms. The van der Waals surface area contributed by atoms with Gasteiger partial charge in [-0.2, -0.15) is 0 Å². The van der Waals surface area contributed by atoms with Crippen molar-refractivity contribution in [3.63, 3.8) is 0 Å². The van der Waals surface area contributed by atoms with Crippen LogP contribution in [0.2, 0.25) is 0 Å². The quantitative estimate of drug-likeness (QED) is 0.814. The molecule has 0 radical (unpaired) electrons. The van der Waals surface area contributed by atoms with E-state index >= 15 is 0 Å². The minimum atomic E-state index is -0.168. The molecular weight excluding hydrogens is 246 g/mol. The minimum absolute atomic E-state index is 0.0649. The minimum Gasteiger partial charge on any atom is -0.414 e. The Morgan fingerprint density at radius 2 is 2.16 bits per heavy atom. The number of carbonyl (C=O) groups excluding carboxylic acids is 1. The number of carbonyl (C=O) groups is 1. The van der Waals surface area contributed by atoms with Crippen molar-refractivity contribution in [3.8, 4) is 0 Å². The zero-order valence-electron chi connectivity index (χ0n) is 11.8. The van der Waals surface area contributed by atoms with E-state index in [1.54, 1.807) is 7.11 Å². The number of methoxy groups -OCH3 is 1. The monoisotopic (exact) mass is 267 g/mol. The summed E-state index contributed by atoms with van der Waals surface area (Å²) in [7, 11) is 1.54. The normalized spacial score (nSPS) is 17.9. The maximum absolute atomic E-state index is 12.3. The predicted octanol–water partition coefficient (Wildman–Crippen LogP) is 1.87. The van der Waals surface area contributed by atoms with Gasteiger partial charge in [0.15, 0.2) is 0 Å². The summed E-state index contributed by atoms with van der Waals surface area (Å²) in [6.45, 7) is 6.14. The van der Waals surface area contributed by atoms with Gasteiger partial charge < -0.3 is 14.1 Å². The van der Waals surface area contributed by atoms with E-state index in [1.807, 2.05) is 4.90 Å². The van der Waals surface area contributed by atoms with Gasteiger partial charge in [0.1, 0.15) is 6.61 Å². The molecule has 0 aliphatic carbocycles. The number of amides is 1. The number of aromatic nitrogens is 2. The van der Waals surface area contributed by atoms with Gasteiger partial charge in [0.05, 0.1) is 0 Å². The highest BCUT2D eigenvalue weighted by atomic mass is 16.5. The zero-order valence-corrected chi connectivity index (χ0v) is 11.8. The number of rotatable bonds is 5. The van der Waals surface area contributed by atoms with Crippen LogP contribution in [0.25, 0.3) is 0 Å². The highest BCUT2D eigenvalue weighted by Gasteiger charge is 2.38. The van der Waals surface area contributed by atoms with Gasteiger partial charge in [-0.25, -0.2) is 0 Å². The molecule has 0 N–H and O–H groups in total. The molecule has 0 spiro atoms. The van der Waals surface area contributed by atoms with Crippen molar-refractivity contribution < 1.29 is 13.9 Å². The zero-order chi connectivity index (χ0) is 13.9. The third-order valence-electron chi connectivity index (χ3n) is 4.14. The number of nitrogens with zero attached hydrogens (tertiary/aromatic N) is 3. The van der Waals surface area contributed by atoms with E-state index in [1.165, 1.54) is 0 Å². The number of likely N-dealkylation sites (tertiary alicyclic amines) is 1. The summed E-state index contributed by atoms with van der Waals surface area (Å²) >= 11 is 0. The molecule has 6 heteroatoms. The van der Waals surface area contributed by atoms with Crippen LogP contribution in [0.1, 0.15) is 49.7 Å². The SMILES string of the molecule is CCC1(CC)CCN(C(=O)c2nnc(COC)o2)C1. The molecule has 1 saturated heterocycles. The molecule has 106 valence electrons. The molecule has 0 atom stereocenters. The Bertz CT molecular complexity index is 440. The van der Waals surface area contributed by atoms with Gasteiger partial charge in [-0.3, -0.25) is 4.79 Å². The molecule has 1 aromatic heterocycles. The molecule has 1 fully saturated rings. The lowest BCUT2D eigenvalue weighted by molar-refractivity contribution is 0.0722. The van der Waals surface area contributed by atoms with E-state index in [9.17, 15) is 4.79 Å². The van der Waals surface area contributed by atoms with Gasteiger partial charge in [0.2, 0.25) is 5.89 Å². The van der Waals surface area contributed by atoms with Crippen LogP contribution >= 0.6 is 0 Å². The molecule has 0 unspecified atom stereocenters. The Labute approximate surface area is 113 Å². The van der Waals surface area contributed by atoms with E-state index in [-0.39, 0.29) is 23.8 Å². The van der Waals surface area contributed by atoms with Crippen molar-refractivity contribution in [2.45, 2.75) is 39.7 Å². The van der Waals surface area contributed by atoms with Crippen LogP contribution in [0.3, 0.4) is 0 Å². The first-order chi connectivity index (χ1) is 9.14. The topological polar surface area (TPSA) is 68.5 Å². The van der Waals surface area contributed by atoms with Gasteiger partial charge in [-0.15, -0.1) is 10.2 Å². The first kappa shape index (κ1) is 14.0. The van der Waals surface area contributed by atoms with Crippen molar-refractivity contribution in [1.29, 1.82) is 0 Å². The Balaban J connectivity index is 2.04. The smallest absolute Gasteiger partial charge is 0.311 e. The van der Waals surface area contributed by atoms with Crippen LogP contribution in [-0.4, -0.2) is 41.2 Å². The Hall–Kier alpha value is -1.43. The van der Waals surface area contributed by atoms with Crippen LogP contribution in [0, 0.1) is 5.41 Å². The molecule has 0 aromatic carbocycles. The summed E-state index contributed by atoms with van der Waals surface area (Å²) in [5, 5.41) is 7.58. The van der Waals surface area contributed by atoms with Crippen molar-refractivity contribution in [1.82, 2.24) is 15.1 Å². The van der Waals surface area contributed by atoms with Crippen LogP contribution in [0.5, 0.6) is 0 Å². The van der Waals surface area contributed by atoms with Gasteiger partial charge >= 0.3 is 11.8 Å². The molecule has 1 aliphatic rings. The average Bonchev–Trinajstić information content (AvgIpc) is 3.05. The van der Waals surface area contributed by atoms with Gasteiger partial charge in [-0.1, -0.05) is 13.8 Å². The Kier molecular flexibility index (Phi) is 4.19. The highest BCUT2D eigenvalue weighted by molar-refractivity contribution is 5.89. The average molecular weight is 267 g/mol.